The van der Waals surface area contributed by atoms with E-state index in [0.29, 0.717) is 6.42 Å². The monoisotopic (exact) mass is 335 g/mol. The molecule has 0 saturated heterocycles. The van der Waals surface area contributed by atoms with Gasteiger partial charge in [-0.3, -0.25) is 0 Å². The number of nitrogens with zero attached hydrogens (tertiary/aromatic N) is 3. The molecule has 22 heavy (non-hydrogen) atoms. The molecule has 0 unspecified atom stereocenters. The van der Waals surface area contributed by atoms with E-state index in [1.54, 1.807) is 0 Å². The minimum absolute atomic E-state index is 0.245. The van der Waals surface area contributed by atoms with Crippen molar-refractivity contribution in [1.29, 1.82) is 5.26 Å². The molecular weight excluding hydrogens is 301 g/mol. The summed E-state index contributed by atoms with van der Waals surface area (Å²) in [4.78, 5) is 33.2. The summed E-state index contributed by atoms with van der Waals surface area (Å²) in [6.07, 6.45) is 0.720. The second-order valence-electron chi connectivity index (χ2n) is 7.37. The van der Waals surface area contributed by atoms with Gasteiger partial charge in [0.25, 0.3) is 0 Å². The van der Waals surface area contributed by atoms with Crippen LogP contribution in [0.5, 0.6) is 0 Å². The van der Waals surface area contributed by atoms with Crippen LogP contribution in [-0.2, 0) is 0 Å². The molecule has 0 atom stereocenters. The van der Waals surface area contributed by atoms with Gasteiger partial charge in [0.05, 0.1) is 0 Å². The Morgan fingerprint density at radius 2 is 1.36 bits per heavy atom. The number of hydrogen-bond donors (Lipinski definition) is 3. The van der Waals surface area contributed by atoms with Crippen molar-refractivity contribution >= 4 is 7.59 Å². The minimum atomic E-state index is -5.27. The standard InChI is InChI=1S/C15H34N3O3P/c1-12(2)17(13(3)4)22(19,20,21)18(14(5)6)15(7,8)10-9-11-16/h12-14,19-21H,9-10H2,1-8H3. The Balaban J connectivity index is 6.06. The third kappa shape index (κ3) is 4.61. The van der Waals surface area contributed by atoms with Crippen molar-refractivity contribution in [2.75, 3.05) is 0 Å². The van der Waals surface area contributed by atoms with Gasteiger partial charge in [0.1, 0.15) is 0 Å². The maximum absolute atomic E-state index is 11.1. The molecule has 0 fully saturated rings. The fourth-order valence-electron chi connectivity index (χ4n) is 3.61. The van der Waals surface area contributed by atoms with Gasteiger partial charge in [0.15, 0.2) is 0 Å². The first-order valence-electron chi connectivity index (χ1n) is 7.89. The Bertz CT molecular complexity index is 400. The van der Waals surface area contributed by atoms with E-state index >= 15 is 0 Å². The molecule has 3 N–H and O–H groups in total. The SMILES string of the molecule is CC(C)N(C(C)C)P(O)(O)(O)N(C(C)C)C(C)(C)CCC#N. The predicted molar refractivity (Wildman–Crippen MR) is 91.6 cm³/mol. The van der Waals surface area contributed by atoms with Crippen molar-refractivity contribution in [2.24, 2.45) is 0 Å². The molecule has 132 valence electrons. The van der Waals surface area contributed by atoms with Crippen LogP contribution in [0.3, 0.4) is 0 Å². The van der Waals surface area contributed by atoms with Crippen LogP contribution in [0, 0.1) is 11.3 Å². The molecule has 0 aromatic carbocycles. The van der Waals surface area contributed by atoms with Crippen LogP contribution in [0.4, 0.5) is 0 Å². The first kappa shape index (κ1) is 21.7. The zero-order chi connectivity index (χ0) is 18.0. The van der Waals surface area contributed by atoms with Crippen LogP contribution in [0.1, 0.15) is 68.2 Å². The van der Waals surface area contributed by atoms with Crippen LogP contribution >= 0.6 is 7.59 Å². The van der Waals surface area contributed by atoms with E-state index in [9.17, 15) is 14.7 Å². The summed E-state index contributed by atoms with van der Waals surface area (Å²) >= 11 is 0. The summed E-state index contributed by atoms with van der Waals surface area (Å²) in [6.45, 7) is 14.6. The van der Waals surface area contributed by atoms with Gasteiger partial charge in [-0.05, 0) is 0 Å². The molecule has 0 aromatic rings. The van der Waals surface area contributed by atoms with Crippen molar-refractivity contribution in [3.05, 3.63) is 0 Å². The summed E-state index contributed by atoms with van der Waals surface area (Å²) in [5, 5.41) is 8.85. The number of hydrogen-bond acceptors (Lipinski definition) is 6. The van der Waals surface area contributed by atoms with Crippen LogP contribution < -0.4 is 0 Å². The third-order valence-electron chi connectivity index (χ3n) is 3.81. The van der Waals surface area contributed by atoms with Crippen molar-refractivity contribution in [3.8, 4) is 6.07 Å². The summed E-state index contributed by atoms with van der Waals surface area (Å²) in [5.74, 6) is 0. The summed E-state index contributed by atoms with van der Waals surface area (Å²) in [7, 11) is -5.27. The third-order valence-corrected chi connectivity index (χ3v) is 7.34. The van der Waals surface area contributed by atoms with Gasteiger partial charge >= 0.3 is 135 Å². The Morgan fingerprint density at radius 1 is 0.955 bits per heavy atom. The van der Waals surface area contributed by atoms with Crippen LogP contribution in [0.2, 0.25) is 0 Å². The first-order valence-corrected chi connectivity index (χ1v) is 9.89. The van der Waals surface area contributed by atoms with E-state index < -0.39 is 13.1 Å². The quantitative estimate of drug-likeness (QED) is 0.591. The van der Waals surface area contributed by atoms with E-state index in [2.05, 4.69) is 6.07 Å². The van der Waals surface area contributed by atoms with E-state index in [-0.39, 0.29) is 24.5 Å². The normalized spacial score (nSPS) is 15.7. The topological polar surface area (TPSA) is 91.0 Å². The zero-order valence-corrected chi connectivity index (χ0v) is 16.2. The molecular formula is C15H34N3O3P. The van der Waals surface area contributed by atoms with E-state index in [1.165, 1.54) is 9.34 Å². The molecule has 6 nitrogen and oxygen atoms in total. The molecule has 0 aromatic heterocycles. The van der Waals surface area contributed by atoms with Gasteiger partial charge in [0.2, 0.25) is 0 Å². The maximum atomic E-state index is 11.1. The van der Waals surface area contributed by atoms with Crippen molar-refractivity contribution in [3.63, 3.8) is 0 Å². The fourth-order valence-corrected chi connectivity index (χ4v) is 7.38. The van der Waals surface area contributed by atoms with Crippen molar-refractivity contribution < 1.29 is 14.7 Å². The Hall–Kier alpha value is -0.280. The summed E-state index contributed by atoms with van der Waals surface area (Å²) < 4.78 is 2.79. The van der Waals surface area contributed by atoms with Gasteiger partial charge in [0, 0.05) is 0 Å². The summed E-state index contributed by atoms with van der Waals surface area (Å²) in [5.41, 5.74) is -0.734. The molecule has 0 heterocycles. The summed E-state index contributed by atoms with van der Waals surface area (Å²) in [6, 6.07) is 1.30. The molecule has 0 aliphatic heterocycles. The molecule has 0 saturated carbocycles. The van der Waals surface area contributed by atoms with Gasteiger partial charge in [-0.25, -0.2) is 0 Å². The average Bonchev–Trinajstić information content (AvgIpc) is 2.21. The second-order valence-corrected chi connectivity index (χ2v) is 10.1. The Labute approximate surface area is 135 Å². The molecule has 7 heteroatoms. The van der Waals surface area contributed by atoms with Gasteiger partial charge in [-0.2, -0.15) is 0 Å². The zero-order valence-electron chi connectivity index (χ0n) is 15.3. The second kappa shape index (κ2) is 7.09. The van der Waals surface area contributed by atoms with Gasteiger partial charge < -0.3 is 0 Å². The predicted octanol–water partition coefficient (Wildman–Crippen LogP) is 3.00. The van der Waals surface area contributed by atoms with Crippen molar-refractivity contribution in [1.82, 2.24) is 9.34 Å². The van der Waals surface area contributed by atoms with Gasteiger partial charge in [-0.15, -0.1) is 0 Å². The van der Waals surface area contributed by atoms with Crippen molar-refractivity contribution in [2.45, 2.75) is 91.9 Å². The molecule has 0 spiro atoms. The molecule has 0 aliphatic rings. The van der Waals surface area contributed by atoms with Gasteiger partial charge in [-0.1, -0.05) is 0 Å². The Morgan fingerprint density at radius 3 is 1.64 bits per heavy atom. The number of nitriles is 1. The van der Waals surface area contributed by atoms with Crippen LogP contribution in [0.15, 0.2) is 0 Å². The van der Waals surface area contributed by atoms with Crippen LogP contribution in [-0.4, -0.2) is 47.7 Å². The molecule has 0 aliphatic carbocycles. The number of rotatable bonds is 8. The molecule has 0 amide bonds. The molecule has 0 radical (unpaired) electrons. The first-order chi connectivity index (χ1) is 9.67. The van der Waals surface area contributed by atoms with E-state index in [1.807, 2.05) is 55.4 Å². The Kier molecular flexibility index (Phi) is 7.00. The average molecular weight is 335 g/mol. The van der Waals surface area contributed by atoms with E-state index in [0.717, 1.165) is 0 Å². The fraction of sp³-hybridized carbons (Fsp3) is 0.933. The molecule has 0 rings (SSSR count). The van der Waals surface area contributed by atoms with Crippen LogP contribution in [0.25, 0.3) is 0 Å². The molecule has 0 bridgehead atoms. The van der Waals surface area contributed by atoms with E-state index in [4.69, 9.17) is 5.26 Å².